The van der Waals surface area contributed by atoms with Gasteiger partial charge >= 0.3 is 0 Å². The molecule has 1 unspecified atom stereocenters. The lowest BCUT2D eigenvalue weighted by atomic mass is 9.96. The van der Waals surface area contributed by atoms with E-state index in [0.29, 0.717) is 18.3 Å². The standard InChI is InChI=1S/C18H25BrN4O2/c1-12(13-2-3-13)21-17(24)11-23-8-6-14(7-9-23)18(25)22-16-5-4-15(19)10-20-16/h4-5,10,12-14H,2-3,6-9,11H2,1H3,(H,21,24)(H,20,22,25). The lowest BCUT2D eigenvalue weighted by Gasteiger charge is -2.31. The van der Waals surface area contributed by atoms with Crippen LogP contribution in [-0.4, -0.2) is 47.4 Å². The van der Waals surface area contributed by atoms with E-state index in [9.17, 15) is 9.59 Å². The SMILES string of the molecule is CC(NC(=O)CN1CCC(C(=O)Nc2ccc(Br)cn2)CC1)C1CC1. The van der Waals surface area contributed by atoms with Crippen LogP contribution in [0.1, 0.15) is 32.6 Å². The molecule has 6 nitrogen and oxygen atoms in total. The van der Waals surface area contributed by atoms with Crippen LogP contribution < -0.4 is 10.6 Å². The fourth-order valence-corrected chi connectivity index (χ4v) is 3.48. The fraction of sp³-hybridized carbons (Fsp3) is 0.611. The summed E-state index contributed by atoms with van der Waals surface area (Å²) in [6.07, 6.45) is 5.67. The molecule has 0 aromatic carbocycles. The Morgan fingerprint density at radius 1 is 1.28 bits per heavy atom. The van der Waals surface area contributed by atoms with Crippen molar-refractivity contribution in [3.8, 4) is 0 Å². The number of halogens is 1. The highest BCUT2D eigenvalue weighted by Crippen LogP contribution is 2.32. The van der Waals surface area contributed by atoms with Gasteiger partial charge in [0.2, 0.25) is 11.8 Å². The number of nitrogens with one attached hydrogen (secondary N) is 2. The van der Waals surface area contributed by atoms with E-state index in [4.69, 9.17) is 0 Å². The van der Waals surface area contributed by atoms with Crippen molar-refractivity contribution in [1.82, 2.24) is 15.2 Å². The van der Waals surface area contributed by atoms with Crippen molar-refractivity contribution in [1.29, 1.82) is 0 Å². The molecule has 1 aliphatic carbocycles. The molecule has 2 fully saturated rings. The number of likely N-dealkylation sites (tertiary alicyclic amines) is 1. The van der Waals surface area contributed by atoms with Crippen molar-refractivity contribution in [2.75, 3.05) is 25.0 Å². The second-order valence-corrected chi connectivity index (χ2v) is 8.01. The van der Waals surface area contributed by atoms with E-state index in [2.05, 4.69) is 43.4 Å². The third kappa shape index (κ3) is 5.51. The van der Waals surface area contributed by atoms with E-state index < -0.39 is 0 Å². The van der Waals surface area contributed by atoms with E-state index in [1.54, 1.807) is 12.3 Å². The third-order valence-corrected chi connectivity index (χ3v) is 5.49. The molecular formula is C18H25BrN4O2. The van der Waals surface area contributed by atoms with Crippen molar-refractivity contribution in [2.24, 2.45) is 11.8 Å². The molecule has 2 amide bonds. The smallest absolute Gasteiger partial charge is 0.234 e. The molecule has 1 atom stereocenters. The molecule has 1 aromatic heterocycles. The quantitative estimate of drug-likeness (QED) is 0.757. The number of anilines is 1. The minimum atomic E-state index is -0.0184. The molecule has 3 rings (SSSR count). The van der Waals surface area contributed by atoms with Crippen molar-refractivity contribution in [3.63, 3.8) is 0 Å². The summed E-state index contributed by atoms with van der Waals surface area (Å²) in [5, 5.41) is 5.96. The normalized spacial score (nSPS) is 20.1. The molecule has 25 heavy (non-hydrogen) atoms. The van der Waals surface area contributed by atoms with E-state index >= 15 is 0 Å². The zero-order chi connectivity index (χ0) is 17.8. The second kappa shape index (κ2) is 8.27. The van der Waals surface area contributed by atoms with Crippen LogP contribution in [-0.2, 0) is 9.59 Å². The Kier molecular flexibility index (Phi) is 6.06. The van der Waals surface area contributed by atoms with Crippen LogP contribution in [0.15, 0.2) is 22.8 Å². The number of pyridine rings is 1. The molecule has 0 spiro atoms. The molecule has 136 valence electrons. The van der Waals surface area contributed by atoms with Gasteiger partial charge in [-0.2, -0.15) is 0 Å². The Labute approximate surface area is 156 Å². The molecule has 1 aromatic rings. The predicted molar refractivity (Wildman–Crippen MR) is 100 cm³/mol. The highest BCUT2D eigenvalue weighted by atomic mass is 79.9. The summed E-state index contributed by atoms with van der Waals surface area (Å²) in [4.78, 5) is 30.7. The first-order valence-corrected chi connectivity index (χ1v) is 9.74. The highest BCUT2D eigenvalue weighted by Gasteiger charge is 2.30. The first-order valence-electron chi connectivity index (χ1n) is 8.95. The van der Waals surface area contributed by atoms with Crippen LogP contribution in [0, 0.1) is 11.8 Å². The van der Waals surface area contributed by atoms with Gasteiger partial charge in [0.05, 0.1) is 6.54 Å². The summed E-state index contributed by atoms with van der Waals surface area (Å²) in [5.41, 5.74) is 0. The van der Waals surface area contributed by atoms with Gasteiger partial charge in [-0.15, -0.1) is 0 Å². The molecule has 7 heteroatoms. The zero-order valence-corrected chi connectivity index (χ0v) is 16.1. The van der Waals surface area contributed by atoms with E-state index in [-0.39, 0.29) is 23.8 Å². The van der Waals surface area contributed by atoms with Gasteiger partial charge in [0.25, 0.3) is 0 Å². The van der Waals surface area contributed by atoms with E-state index in [0.717, 1.165) is 30.4 Å². The number of carbonyl (C=O) groups is 2. The Morgan fingerprint density at radius 2 is 2.00 bits per heavy atom. The largest absolute Gasteiger partial charge is 0.352 e. The summed E-state index contributed by atoms with van der Waals surface area (Å²) in [7, 11) is 0. The molecule has 1 saturated carbocycles. The van der Waals surface area contributed by atoms with E-state index in [1.807, 2.05) is 6.07 Å². The van der Waals surface area contributed by atoms with Gasteiger partial charge in [0.1, 0.15) is 5.82 Å². The first-order chi connectivity index (χ1) is 12.0. The van der Waals surface area contributed by atoms with Gasteiger partial charge in [-0.1, -0.05) is 0 Å². The number of hydrogen-bond acceptors (Lipinski definition) is 4. The summed E-state index contributed by atoms with van der Waals surface area (Å²) >= 11 is 3.33. The molecule has 2 heterocycles. The summed E-state index contributed by atoms with van der Waals surface area (Å²) < 4.78 is 0.882. The van der Waals surface area contributed by atoms with Crippen LogP contribution in [0.4, 0.5) is 5.82 Å². The van der Waals surface area contributed by atoms with Gasteiger partial charge < -0.3 is 10.6 Å². The Bertz CT molecular complexity index is 610. The summed E-state index contributed by atoms with van der Waals surface area (Å²) in [5.74, 6) is 1.34. The van der Waals surface area contributed by atoms with Crippen molar-refractivity contribution >= 4 is 33.6 Å². The molecule has 0 bridgehead atoms. The number of aromatic nitrogens is 1. The molecule has 0 radical (unpaired) electrons. The number of rotatable bonds is 6. The molecule has 1 saturated heterocycles. The number of hydrogen-bond donors (Lipinski definition) is 2. The average Bonchev–Trinajstić information content (AvgIpc) is 3.42. The van der Waals surface area contributed by atoms with Crippen LogP contribution in [0.5, 0.6) is 0 Å². The molecule has 2 N–H and O–H groups in total. The average molecular weight is 409 g/mol. The van der Waals surface area contributed by atoms with Crippen molar-refractivity contribution in [3.05, 3.63) is 22.8 Å². The van der Waals surface area contributed by atoms with Crippen molar-refractivity contribution < 1.29 is 9.59 Å². The first kappa shape index (κ1) is 18.3. The van der Waals surface area contributed by atoms with Crippen molar-refractivity contribution in [2.45, 2.75) is 38.6 Å². The number of piperidine rings is 1. The zero-order valence-electron chi connectivity index (χ0n) is 14.5. The third-order valence-electron chi connectivity index (χ3n) is 5.02. The molecule has 1 aliphatic heterocycles. The summed E-state index contributed by atoms with van der Waals surface area (Å²) in [6, 6.07) is 3.92. The van der Waals surface area contributed by atoms with Crippen LogP contribution >= 0.6 is 15.9 Å². The maximum absolute atomic E-state index is 12.3. The second-order valence-electron chi connectivity index (χ2n) is 7.09. The minimum Gasteiger partial charge on any atom is -0.352 e. The summed E-state index contributed by atoms with van der Waals surface area (Å²) in [6.45, 7) is 4.07. The fourth-order valence-electron chi connectivity index (χ4n) is 3.25. The number of amides is 2. The molecule has 2 aliphatic rings. The maximum Gasteiger partial charge on any atom is 0.234 e. The van der Waals surface area contributed by atoms with Crippen LogP contribution in [0.3, 0.4) is 0 Å². The number of nitrogens with zero attached hydrogens (tertiary/aromatic N) is 2. The topological polar surface area (TPSA) is 74.3 Å². The van der Waals surface area contributed by atoms with Gasteiger partial charge in [-0.3, -0.25) is 14.5 Å². The van der Waals surface area contributed by atoms with Gasteiger partial charge in [0.15, 0.2) is 0 Å². The van der Waals surface area contributed by atoms with Crippen LogP contribution in [0.25, 0.3) is 0 Å². The van der Waals surface area contributed by atoms with Gasteiger partial charge in [0, 0.05) is 22.6 Å². The predicted octanol–water partition coefficient (Wildman–Crippen LogP) is 2.41. The Morgan fingerprint density at radius 3 is 2.60 bits per heavy atom. The van der Waals surface area contributed by atoms with E-state index in [1.165, 1.54) is 12.8 Å². The minimum absolute atomic E-state index is 0.0151. The molecular weight excluding hydrogens is 384 g/mol. The van der Waals surface area contributed by atoms with Crippen LogP contribution in [0.2, 0.25) is 0 Å². The highest BCUT2D eigenvalue weighted by molar-refractivity contribution is 9.10. The van der Waals surface area contributed by atoms with Gasteiger partial charge in [-0.25, -0.2) is 4.98 Å². The maximum atomic E-state index is 12.3. The Balaban J connectivity index is 1.39. The monoisotopic (exact) mass is 408 g/mol. The lowest BCUT2D eigenvalue weighted by molar-refractivity contribution is -0.124. The Hall–Kier alpha value is -1.47. The number of carbonyl (C=O) groups excluding carboxylic acids is 2. The van der Waals surface area contributed by atoms with Gasteiger partial charge in [-0.05, 0) is 79.7 Å². The lowest BCUT2D eigenvalue weighted by Crippen LogP contribution is -2.45.